The summed E-state index contributed by atoms with van der Waals surface area (Å²) in [6.07, 6.45) is 5.94. The predicted molar refractivity (Wildman–Crippen MR) is 91.2 cm³/mol. The van der Waals surface area contributed by atoms with Crippen molar-refractivity contribution in [1.29, 1.82) is 0 Å². The molecule has 3 saturated heterocycles. The van der Waals surface area contributed by atoms with Crippen LogP contribution < -0.4 is 5.32 Å². The first-order chi connectivity index (χ1) is 10.8. The molecule has 4 nitrogen and oxygen atoms in total. The Kier molecular flexibility index (Phi) is 4.46. The summed E-state index contributed by atoms with van der Waals surface area (Å²) in [6, 6.07) is 0.918. The van der Waals surface area contributed by atoms with Gasteiger partial charge >= 0.3 is 0 Å². The van der Waals surface area contributed by atoms with E-state index in [2.05, 4.69) is 26.9 Å². The van der Waals surface area contributed by atoms with Crippen molar-refractivity contribution < 1.29 is 0 Å². The van der Waals surface area contributed by atoms with Gasteiger partial charge in [0, 0.05) is 51.9 Å². The Morgan fingerprint density at radius 2 is 1.59 bits per heavy atom. The molecule has 0 radical (unpaired) electrons. The van der Waals surface area contributed by atoms with Crippen molar-refractivity contribution >= 4 is 0 Å². The van der Waals surface area contributed by atoms with Crippen LogP contribution in [0, 0.1) is 11.3 Å². The molecule has 3 heterocycles. The maximum atomic E-state index is 3.40. The Bertz CT molecular complexity index is 357. The summed E-state index contributed by atoms with van der Waals surface area (Å²) in [7, 11) is 0. The lowest BCUT2D eigenvalue weighted by molar-refractivity contribution is -0.0572. The van der Waals surface area contributed by atoms with Gasteiger partial charge in [0.2, 0.25) is 0 Å². The molecule has 3 aliphatic heterocycles. The van der Waals surface area contributed by atoms with Gasteiger partial charge in [-0.05, 0) is 56.7 Å². The summed E-state index contributed by atoms with van der Waals surface area (Å²) in [5.41, 5.74) is 0.737. The highest BCUT2D eigenvalue weighted by Crippen LogP contribution is 2.51. The van der Waals surface area contributed by atoms with Crippen LogP contribution in [0.1, 0.15) is 32.6 Å². The summed E-state index contributed by atoms with van der Waals surface area (Å²) in [6.45, 7) is 15.3. The zero-order chi connectivity index (χ0) is 15.0. The standard InChI is InChI=1S/C18H34N4/c1-2-20-7-9-22(10-8-20)17-11-18(12-17)3-5-21(6-4-18)15-16-13-19-14-16/h16-17,19H,2-15H2,1H3. The van der Waals surface area contributed by atoms with Gasteiger partial charge in [-0.3, -0.25) is 4.90 Å². The van der Waals surface area contributed by atoms with Crippen molar-refractivity contribution in [3.05, 3.63) is 0 Å². The number of likely N-dealkylation sites (N-methyl/N-ethyl adjacent to an activating group) is 1. The van der Waals surface area contributed by atoms with Gasteiger partial charge in [-0.1, -0.05) is 6.92 Å². The first-order valence-electron chi connectivity index (χ1n) is 9.66. The van der Waals surface area contributed by atoms with E-state index >= 15 is 0 Å². The third-order valence-corrected chi connectivity index (χ3v) is 7.01. The minimum absolute atomic E-state index is 0.737. The average molecular weight is 306 g/mol. The van der Waals surface area contributed by atoms with Crippen LogP contribution in [0.15, 0.2) is 0 Å². The Hall–Kier alpha value is -0.160. The van der Waals surface area contributed by atoms with E-state index in [0.717, 1.165) is 17.4 Å². The number of nitrogens with one attached hydrogen (secondary N) is 1. The van der Waals surface area contributed by atoms with Crippen LogP contribution in [0.25, 0.3) is 0 Å². The van der Waals surface area contributed by atoms with Crippen LogP contribution in [-0.2, 0) is 0 Å². The molecule has 0 amide bonds. The Labute approximate surface area is 136 Å². The van der Waals surface area contributed by atoms with Gasteiger partial charge in [0.25, 0.3) is 0 Å². The summed E-state index contributed by atoms with van der Waals surface area (Å²) in [5.74, 6) is 0.943. The number of piperidine rings is 1. The van der Waals surface area contributed by atoms with Crippen LogP contribution >= 0.6 is 0 Å². The number of likely N-dealkylation sites (tertiary alicyclic amines) is 1. The fraction of sp³-hybridized carbons (Fsp3) is 1.00. The molecule has 0 aromatic carbocycles. The molecule has 0 aromatic rings. The average Bonchev–Trinajstić information content (AvgIpc) is 2.49. The molecule has 0 aromatic heterocycles. The van der Waals surface area contributed by atoms with Crippen molar-refractivity contribution in [2.24, 2.45) is 11.3 Å². The van der Waals surface area contributed by atoms with Gasteiger partial charge in [-0.15, -0.1) is 0 Å². The Morgan fingerprint density at radius 1 is 0.909 bits per heavy atom. The van der Waals surface area contributed by atoms with Crippen molar-refractivity contribution in [2.75, 3.05) is 65.4 Å². The lowest BCUT2D eigenvalue weighted by Gasteiger charge is -2.56. The van der Waals surface area contributed by atoms with Gasteiger partial charge in [0.15, 0.2) is 0 Å². The maximum Gasteiger partial charge on any atom is 0.0113 e. The number of hydrogen-bond donors (Lipinski definition) is 1. The highest BCUT2D eigenvalue weighted by Gasteiger charge is 2.48. The molecular weight excluding hydrogens is 272 g/mol. The zero-order valence-electron chi connectivity index (χ0n) is 14.4. The van der Waals surface area contributed by atoms with Crippen LogP contribution in [0.4, 0.5) is 0 Å². The second-order valence-electron chi connectivity index (χ2n) is 8.36. The van der Waals surface area contributed by atoms with Gasteiger partial charge in [0.05, 0.1) is 0 Å². The van der Waals surface area contributed by atoms with Crippen LogP contribution in [-0.4, -0.2) is 86.2 Å². The number of rotatable bonds is 4. The second-order valence-corrected chi connectivity index (χ2v) is 8.36. The van der Waals surface area contributed by atoms with Crippen LogP contribution in [0.3, 0.4) is 0 Å². The minimum atomic E-state index is 0.737. The molecule has 4 fully saturated rings. The normalized spacial score (nSPS) is 32.0. The zero-order valence-corrected chi connectivity index (χ0v) is 14.4. The topological polar surface area (TPSA) is 21.8 Å². The third kappa shape index (κ3) is 3.08. The fourth-order valence-electron chi connectivity index (χ4n) is 5.10. The Balaban J connectivity index is 1.19. The molecule has 4 heteroatoms. The molecule has 22 heavy (non-hydrogen) atoms. The molecule has 126 valence electrons. The molecule has 4 rings (SSSR count). The number of hydrogen-bond acceptors (Lipinski definition) is 4. The van der Waals surface area contributed by atoms with E-state index in [-0.39, 0.29) is 0 Å². The minimum Gasteiger partial charge on any atom is -0.316 e. The van der Waals surface area contributed by atoms with Crippen LogP contribution in [0.2, 0.25) is 0 Å². The molecule has 1 aliphatic carbocycles. The van der Waals surface area contributed by atoms with Crippen molar-refractivity contribution in [1.82, 2.24) is 20.0 Å². The van der Waals surface area contributed by atoms with E-state index in [1.54, 1.807) is 0 Å². The van der Waals surface area contributed by atoms with E-state index in [0.29, 0.717) is 0 Å². The molecule has 1 saturated carbocycles. The smallest absolute Gasteiger partial charge is 0.0113 e. The first kappa shape index (κ1) is 15.4. The van der Waals surface area contributed by atoms with E-state index in [4.69, 9.17) is 0 Å². The van der Waals surface area contributed by atoms with E-state index in [1.165, 1.54) is 91.1 Å². The fourth-order valence-corrected chi connectivity index (χ4v) is 5.10. The lowest BCUT2D eigenvalue weighted by atomic mass is 9.60. The van der Waals surface area contributed by atoms with Gasteiger partial charge < -0.3 is 15.1 Å². The van der Waals surface area contributed by atoms with Gasteiger partial charge in [-0.25, -0.2) is 0 Å². The molecule has 1 N–H and O–H groups in total. The summed E-state index contributed by atoms with van der Waals surface area (Å²) < 4.78 is 0. The largest absolute Gasteiger partial charge is 0.316 e. The number of piperazine rings is 1. The molecule has 4 aliphatic rings. The van der Waals surface area contributed by atoms with Gasteiger partial charge in [-0.2, -0.15) is 0 Å². The summed E-state index contributed by atoms with van der Waals surface area (Å²) in [4.78, 5) is 8.13. The van der Waals surface area contributed by atoms with Crippen molar-refractivity contribution in [2.45, 2.75) is 38.6 Å². The molecule has 0 unspecified atom stereocenters. The number of nitrogens with zero attached hydrogens (tertiary/aromatic N) is 3. The van der Waals surface area contributed by atoms with Crippen molar-refractivity contribution in [3.8, 4) is 0 Å². The quantitative estimate of drug-likeness (QED) is 0.839. The third-order valence-electron chi connectivity index (χ3n) is 7.01. The monoisotopic (exact) mass is 306 g/mol. The van der Waals surface area contributed by atoms with E-state index in [1.807, 2.05) is 0 Å². The summed E-state index contributed by atoms with van der Waals surface area (Å²) >= 11 is 0. The highest BCUT2D eigenvalue weighted by atomic mass is 15.3. The predicted octanol–water partition coefficient (Wildman–Crippen LogP) is 1.09. The Morgan fingerprint density at radius 3 is 2.14 bits per heavy atom. The van der Waals surface area contributed by atoms with Gasteiger partial charge in [0.1, 0.15) is 0 Å². The van der Waals surface area contributed by atoms with Crippen LogP contribution in [0.5, 0.6) is 0 Å². The highest BCUT2D eigenvalue weighted by molar-refractivity contribution is 5.02. The van der Waals surface area contributed by atoms with E-state index < -0.39 is 0 Å². The first-order valence-corrected chi connectivity index (χ1v) is 9.66. The molecule has 0 atom stereocenters. The molecule has 0 bridgehead atoms. The van der Waals surface area contributed by atoms with Crippen molar-refractivity contribution in [3.63, 3.8) is 0 Å². The lowest BCUT2D eigenvalue weighted by Crippen LogP contribution is -2.59. The molecular formula is C18H34N4. The second kappa shape index (κ2) is 6.39. The molecule has 1 spiro atoms. The van der Waals surface area contributed by atoms with E-state index in [9.17, 15) is 0 Å². The SMILES string of the molecule is CCN1CCN(C2CC3(CCN(CC4CNC4)CC3)C2)CC1. The maximum absolute atomic E-state index is 3.40. The summed E-state index contributed by atoms with van der Waals surface area (Å²) in [5, 5.41) is 3.40.